The summed E-state index contributed by atoms with van der Waals surface area (Å²) < 4.78 is 20.1. The van der Waals surface area contributed by atoms with Crippen LogP contribution in [0.25, 0.3) is 81.0 Å². The molecule has 2 aromatic heterocycles. The highest BCUT2D eigenvalue weighted by molar-refractivity contribution is 7.26. The molecule has 274 valence electrons. The highest BCUT2D eigenvalue weighted by atomic mass is 32.1. The second-order valence-electron chi connectivity index (χ2n) is 14.7. The van der Waals surface area contributed by atoms with Crippen molar-refractivity contribution in [3.05, 3.63) is 218 Å². The Balaban J connectivity index is 1.01. The average Bonchev–Trinajstić information content (AvgIpc) is 3.84. The predicted molar refractivity (Wildman–Crippen MR) is 245 cm³/mol. The minimum absolute atomic E-state index is 0.210. The van der Waals surface area contributed by atoms with Gasteiger partial charge < -0.3 is 9.47 Å². The van der Waals surface area contributed by atoms with E-state index in [1.165, 1.54) is 42.4 Å². The van der Waals surface area contributed by atoms with E-state index in [2.05, 4.69) is 185 Å². The van der Waals surface area contributed by atoms with Crippen LogP contribution >= 0.6 is 11.3 Å². The van der Waals surface area contributed by atoms with Gasteiger partial charge in [-0.05, 0) is 106 Å². The van der Waals surface area contributed by atoms with E-state index < -0.39 is 0 Å². The molecule has 0 bridgehead atoms. The summed E-state index contributed by atoms with van der Waals surface area (Å²) in [5.41, 5.74) is 13.0. The van der Waals surface area contributed by atoms with Gasteiger partial charge in [0.15, 0.2) is 0 Å². The number of halogens is 1. The van der Waals surface area contributed by atoms with Crippen LogP contribution in [0.1, 0.15) is 0 Å². The Labute approximate surface area is 339 Å². The summed E-state index contributed by atoms with van der Waals surface area (Å²) in [4.78, 5) is 2.33. The SMILES string of the molecule is Fc1cccc2c1c1ccccc1n2-c1cccc(-c2cccc(N(c3ccc(-c4ccccc4)cc3)c3ccc(-c4cccc5c4sc4ccccc45)cc3)c2)c1. The molecule has 4 heteroatoms. The zero-order chi connectivity index (χ0) is 38.6. The number of thiophene rings is 1. The third kappa shape index (κ3) is 5.77. The van der Waals surface area contributed by atoms with Gasteiger partial charge in [0.05, 0.1) is 11.0 Å². The number of fused-ring (bicyclic) bond motifs is 6. The van der Waals surface area contributed by atoms with E-state index in [0.29, 0.717) is 5.39 Å². The normalized spacial score (nSPS) is 11.5. The Bertz CT molecular complexity index is 3290. The number of hydrogen-bond acceptors (Lipinski definition) is 2. The monoisotopic (exact) mass is 762 g/mol. The maximum Gasteiger partial charge on any atom is 0.133 e. The van der Waals surface area contributed by atoms with E-state index in [4.69, 9.17) is 0 Å². The van der Waals surface area contributed by atoms with Crippen molar-refractivity contribution in [2.24, 2.45) is 0 Å². The number of aromatic nitrogens is 1. The molecule has 0 unspecified atom stereocenters. The molecule has 2 nitrogen and oxygen atoms in total. The maximum absolute atomic E-state index is 15.3. The highest BCUT2D eigenvalue weighted by Gasteiger charge is 2.18. The molecule has 0 atom stereocenters. The zero-order valence-corrected chi connectivity index (χ0v) is 32.2. The van der Waals surface area contributed by atoms with Crippen molar-refractivity contribution < 1.29 is 4.39 Å². The molecule has 0 saturated heterocycles. The predicted octanol–water partition coefficient (Wildman–Crippen LogP) is 15.8. The van der Waals surface area contributed by atoms with Crippen molar-refractivity contribution in [3.63, 3.8) is 0 Å². The number of benzene rings is 9. The first-order valence-electron chi connectivity index (χ1n) is 19.5. The molecule has 11 rings (SSSR count). The van der Waals surface area contributed by atoms with Gasteiger partial charge >= 0.3 is 0 Å². The van der Waals surface area contributed by atoms with Crippen LogP contribution in [0.15, 0.2) is 212 Å². The topological polar surface area (TPSA) is 8.17 Å². The summed E-state index contributed by atoms with van der Waals surface area (Å²) >= 11 is 1.86. The first-order chi connectivity index (χ1) is 28.7. The minimum Gasteiger partial charge on any atom is -0.310 e. The van der Waals surface area contributed by atoms with Crippen molar-refractivity contribution in [1.29, 1.82) is 0 Å². The lowest BCUT2D eigenvalue weighted by Gasteiger charge is -2.26. The average molecular weight is 763 g/mol. The van der Waals surface area contributed by atoms with Crippen LogP contribution in [-0.4, -0.2) is 4.57 Å². The van der Waals surface area contributed by atoms with Crippen molar-refractivity contribution in [2.75, 3.05) is 4.90 Å². The summed E-state index contributed by atoms with van der Waals surface area (Å²) in [6.07, 6.45) is 0. The Hall–Kier alpha value is -7.27. The Morgan fingerprint density at radius 2 is 0.983 bits per heavy atom. The van der Waals surface area contributed by atoms with Crippen molar-refractivity contribution in [3.8, 4) is 39.1 Å². The van der Waals surface area contributed by atoms with Crippen LogP contribution < -0.4 is 4.90 Å². The van der Waals surface area contributed by atoms with Gasteiger partial charge in [-0.15, -0.1) is 11.3 Å². The number of rotatable bonds is 7. The van der Waals surface area contributed by atoms with Crippen molar-refractivity contribution in [1.82, 2.24) is 4.57 Å². The highest BCUT2D eigenvalue weighted by Crippen LogP contribution is 2.42. The van der Waals surface area contributed by atoms with Crippen LogP contribution in [0, 0.1) is 5.82 Å². The summed E-state index contributed by atoms with van der Waals surface area (Å²) in [5, 5.41) is 4.16. The Kier molecular flexibility index (Phi) is 8.23. The first kappa shape index (κ1) is 34.0. The third-order valence-electron chi connectivity index (χ3n) is 11.3. The van der Waals surface area contributed by atoms with Gasteiger partial charge in [0, 0.05) is 53.7 Å². The molecule has 0 aliphatic carbocycles. The fourth-order valence-corrected chi connectivity index (χ4v) is 9.79. The van der Waals surface area contributed by atoms with E-state index >= 15 is 4.39 Å². The van der Waals surface area contributed by atoms with E-state index in [1.54, 1.807) is 12.1 Å². The lowest BCUT2D eigenvalue weighted by atomic mass is 10.0. The number of para-hydroxylation sites is 1. The second kappa shape index (κ2) is 14.0. The molecule has 0 N–H and O–H groups in total. The number of hydrogen-bond donors (Lipinski definition) is 0. The maximum atomic E-state index is 15.3. The van der Waals surface area contributed by atoms with Crippen LogP contribution in [0.2, 0.25) is 0 Å². The van der Waals surface area contributed by atoms with Crippen molar-refractivity contribution >= 4 is 70.4 Å². The molecule has 0 aliphatic rings. The Morgan fingerprint density at radius 3 is 1.79 bits per heavy atom. The van der Waals surface area contributed by atoms with E-state index in [9.17, 15) is 0 Å². The molecule has 9 aromatic carbocycles. The van der Waals surface area contributed by atoms with Crippen LogP contribution in [0.5, 0.6) is 0 Å². The molecule has 58 heavy (non-hydrogen) atoms. The van der Waals surface area contributed by atoms with Gasteiger partial charge in [0.1, 0.15) is 5.82 Å². The smallest absolute Gasteiger partial charge is 0.133 e. The third-order valence-corrected chi connectivity index (χ3v) is 12.5. The number of nitrogens with zero attached hydrogens (tertiary/aromatic N) is 2. The van der Waals surface area contributed by atoms with Crippen molar-refractivity contribution in [2.45, 2.75) is 0 Å². The van der Waals surface area contributed by atoms with Gasteiger partial charge in [-0.3, -0.25) is 0 Å². The van der Waals surface area contributed by atoms with Crippen LogP contribution in [0.3, 0.4) is 0 Å². The largest absolute Gasteiger partial charge is 0.310 e. The second-order valence-corrected chi connectivity index (χ2v) is 15.7. The quantitative estimate of drug-likeness (QED) is 0.157. The summed E-state index contributed by atoms with van der Waals surface area (Å²) in [7, 11) is 0. The van der Waals surface area contributed by atoms with Crippen LogP contribution in [0.4, 0.5) is 21.5 Å². The van der Waals surface area contributed by atoms with Crippen LogP contribution in [-0.2, 0) is 0 Å². The van der Waals surface area contributed by atoms with Gasteiger partial charge in [0.2, 0.25) is 0 Å². The van der Waals surface area contributed by atoms with Gasteiger partial charge in [-0.1, -0.05) is 140 Å². The molecule has 2 heterocycles. The van der Waals surface area contributed by atoms with E-state index in [-0.39, 0.29) is 5.82 Å². The van der Waals surface area contributed by atoms with E-state index in [0.717, 1.165) is 50.3 Å². The number of anilines is 3. The zero-order valence-electron chi connectivity index (χ0n) is 31.4. The molecule has 0 fully saturated rings. The van der Waals surface area contributed by atoms with E-state index in [1.807, 2.05) is 35.6 Å². The van der Waals surface area contributed by atoms with Gasteiger partial charge in [0.25, 0.3) is 0 Å². The summed E-state index contributed by atoms with van der Waals surface area (Å²) in [6.45, 7) is 0. The molecular formula is C54H35FN2S. The fourth-order valence-electron chi connectivity index (χ4n) is 8.55. The molecule has 0 saturated carbocycles. The lowest BCUT2D eigenvalue weighted by Crippen LogP contribution is -2.10. The fraction of sp³-hybridized carbons (Fsp3) is 0. The first-order valence-corrected chi connectivity index (χ1v) is 20.3. The van der Waals surface area contributed by atoms with Gasteiger partial charge in [-0.25, -0.2) is 4.39 Å². The summed E-state index contributed by atoms with van der Waals surface area (Å²) in [5.74, 6) is -0.210. The standard InChI is InChI=1S/C54H35FN2S/c55-49-22-11-24-51-53(49)48-19-4-6-23-50(48)57(51)44-17-9-15-40(35-44)39-14-8-16-43(34-39)56(41-30-26-37(27-31-41)36-12-2-1-3-13-36)42-32-28-38(29-33-42)45-20-10-21-47-46-18-5-7-25-52(46)58-54(45)47/h1-35H. The molecule has 0 aliphatic heterocycles. The minimum atomic E-state index is -0.210. The van der Waals surface area contributed by atoms with Gasteiger partial charge in [-0.2, -0.15) is 0 Å². The molecule has 0 spiro atoms. The molecule has 0 amide bonds. The Morgan fingerprint density at radius 1 is 0.397 bits per heavy atom. The summed E-state index contributed by atoms with van der Waals surface area (Å²) in [6, 6.07) is 74.3. The molecule has 11 aromatic rings. The molecular weight excluding hydrogens is 728 g/mol. The lowest BCUT2D eigenvalue weighted by molar-refractivity contribution is 0.640. The molecule has 0 radical (unpaired) electrons.